The first kappa shape index (κ1) is 27.6. The third-order valence-corrected chi connectivity index (χ3v) is 10.5. The van der Waals surface area contributed by atoms with Crippen LogP contribution in [-0.2, 0) is 10.8 Å². The van der Waals surface area contributed by atoms with Crippen LogP contribution in [-0.4, -0.2) is 0 Å². The Bertz CT molecular complexity index is 2170. The van der Waals surface area contributed by atoms with Crippen molar-refractivity contribution in [3.8, 4) is 22.3 Å². The zero-order valence-electron chi connectivity index (χ0n) is 26.7. The summed E-state index contributed by atoms with van der Waals surface area (Å²) in [4.78, 5) is 2.32. The van der Waals surface area contributed by atoms with Crippen molar-refractivity contribution in [1.29, 1.82) is 0 Å². The summed E-state index contributed by atoms with van der Waals surface area (Å²) < 4.78 is 0. The van der Waals surface area contributed by atoms with Crippen molar-refractivity contribution in [2.75, 3.05) is 4.90 Å². The van der Waals surface area contributed by atoms with Crippen molar-refractivity contribution in [3.63, 3.8) is 0 Å². The maximum absolute atomic E-state index is 2.47. The Morgan fingerprint density at radius 2 is 0.766 bits per heavy atom. The van der Waals surface area contributed by atoms with Crippen LogP contribution in [0, 0.1) is 0 Å². The fourth-order valence-electron chi connectivity index (χ4n) is 8.44. The van der Waals surface area contributed by atoms with Crippen molar-refractivity contribution < 1.29 is 0 Å². The summed E-state index contributed by atoms with van der Waals surface area (Å²) in [5.74, 6) is 0. The predicted octanol–water partition coefficient (Wildman–Crippen LogP) is 11.8. The lowest BCUT2D eigenvalue weighted by Crippen LogP contribution is -2.40. The minimum Gasteiger partial charge on any atom is -0.311 e. The molecule has 0 aromatic heterocycles. The summed E-state index contributed by atoms with van der Waals surface area (Å²) in [6.45, 7) is 4.76. The lowest BCUT2D eigenvalue weighted by molar-refractivity contribution is 0.563. The van der Waals surface area contributed by atoms with E-state index in [1.807, 2.05) is 0 Å². The zero-order chi connectivity index (χ0) is 31.6. The molecule has 2 aliphatic carbocycles. The van der Waals surface area contributed by atoms with Gasteiger partial charge in [0, 0.05) is 22.5 Å². The molecule has 0 atom stereocenters. The summed E-state index contributed by atoms with van der Waals surface area (Å²) in [5.41, 5.74) is 16.3. The molecule has 0 aliphatic heterocycles. The smallest absolute Gasteiger partial charge is 0.0719 e. The van der Waals surface area contributed by atoms with Gasteiger partial charge < -0.3 is 4.90 Å². The van der Waals surface area contributed by atoms with Gasteiger partial charge in [0.05, 0.1) is 5.41 Å². The Morgan fingerprint density at radius 1 is 0.340 bits per heavy atom. The Labute approximate surface area is 277 Å². The van der Waals surface area contributed by atoms with Gasteiger partial charge in [0.2, 0.25) is 0 Å². The van der Waals surface area contributed by atoms with Crippen LogP contribution in [0.2, 0.25) is 0 Å². The molecule has 2 aliphatic rings. The van der Waals surface area contributed by atoms with Crippen molar-refractivity contribution in [3.05, 3.63) is 209 Å². The Morgan fingerprint density at radius 3 is 1.34 bits per heavy atom. The molecule has 0 unspecified atom stereocenters. The maximum Gasteiger partial charge on any atom is 0.0719 e. The topological polar surface area (TPSA) is 3.24 Å². The molecule has 47 heavy (non-hydrogen) atoms. The highest BCUT2D eigenvalue weighted by Crippen LogP contribution is 2.62. The standard InChI is InChI=1S/C46H35N/c1-45(2)40-21-11-13-23-42(40)46(43-24-14-12-22-41(43)45)39-20-10-9-19-37(39)38-30-27-33(31-44(38)46)32-25-28-36(29-26-32)47(34-15-5-3-6-16-34)35-17-7-4-8-18-35/h3-31H,1-2H3. The quantitative estimate of drug-likeness (QED) is 0.194. The van der Waals surface area contributed by atoms with Crippen LogP contribution in [0.4, 0.5) is 17.1 Å². The van der Waals surface area contributed by atoms with E-state index in [1.165, 1.54) is 55.6 Å². The third kappa shape index (κ3) is 3.96. The summed E-state index contributed by atoms with van der Waals surface area (Å²) >= 11 is 0. The fraction of sp³-hybridized carbons (Fsp3) is 0.0870. The lowest BCUT2D eigenvalue weighted by Gasteiger charge is -2.46. The number of anilines is 3. The first-order chi connectivity index (χ1) is 23.1. The predicted molar refractivity (Wildman–Crippen MR) is 196 cm³/mol. The van der Waals surface area contributed by atoms with Gasteiger partial charge in [0.25, 0.3) is 0 Å². The number of benzene rings is 7. The highest BCUT2D eigenvalue weighted by atomic mass is 15.1. The van der Waals surface area contributed by atoms with Crippen LogP contribution in [0.25, 0.3) is 22.3 Å². The van der Waals surface area contributed by atoms with Crippen LogP contribution in [0.3, 0.4) is 0 Å². The van der Waals surface area contributed by atoms with Gasteiger partial charge in [-0.1, -0.05) is 147 Å². The molecule has 9 rings (SSSR count). The van der Waals surface area contributed by atoms with Gasteiger partial charge in [-0.15, -0.1) is 0 Å². The zero-order valence-corrected chi connectivity index (χ0v) is 26.7. The van der Waals surface area contributed by atoms with E-state index in [0.29, 0.717) is 0 Å². The summed E-state index contributed by atoms with van der Waals surface area (Å²) in [6, 6.07) is 64.7. The summed E-state index contributed by atoms with van der Waals surface area (Å²) in [5, 5.41) is 0. The monoisotopic (exact) mass is 601 g/mol. The number of hydrogen-bond acceptors (Lipinski definition) is 1. The second kappa shape index (κ2) is 10.4. The molecule has 0 radical (unpaired) electrons. The van der Waals surface area contributed by atoms with E-state index in [0.717, 1.165) is 17.1 Å². The molecule has 7 aromatic carbocycles. The van der Waals surface area contributed by atoms with Crippen molar-refractivity contribution in [1.82, 2.24) is 0 Å². The molecule has 1 nitrogen and oxygen atoms in total. The van der Waals surface area contributed by atoms with Crippen LogP contribution < -0.4 is 4.90 Å². The van der Waals surface area contributed by atoms with Gasteiger partial charge >= 0.3 is 0 Å². The van der Waals surface area contributed by atoms with Gasteiger partial charge in [-0.3, -0.25) is 0 Å². The second-order valence-electron chi connectivity index (χ2n) is 13.3. The second-order valence-corrected chi connectivity index (χ2v) is 13.3. The van der Waals surface area contributed by atoms with Crippen molar-refractivity contribution in [2.24, 2.45) is 0 Å². The van der Waals surface area contributed by atoms with E-state index >= 15 is 0 Å². The third-order valence-electron chi connectivity index (χ3n) is 10.5. The summed E-state index contributed by atoms with van der Waals surface area (Å²) in [7, 11) is 0. The molecule has 1 heteroatoms. The Balaban J connectivity index is 1.23. The molecule has 0 saturated carbocycles. The SMILES string of the molecule is CC1(C)c2ccccc2C2(c3ccccc3-c3ccc(-c4ccc(N(c5ccccc5)c5ccccc5)cc4)cc32)c2ccccc21. The van der Waals surface area contributed by atoms with E-state index in [2.05, 4.69) is 195 Å². The molecule has 0 heterocycles. The van der Waals surface area contributed by atoms with Crippen LogP contribution in [0.15, 0.2) is 176 Å². The highest BCUT2D eigenvalue weighted by molar-refractivity contribution is 5.90. The number of nitrogens with zero attached hydrogens (tertiary/aromatic N) is 1. The number of fused-ring (bicyclic) bond motifs is 9. The average Bonchev–Trinajstić information content (AvgIpc) is 3.42. The largest absolute Gasteiger partial charge is 0.311 e. The Kier molecular flexibility index (Phi) is 6.14. The van der Waals surface area contributed by atoms with E-state index in [1.54, 1.807) is 0 Å². The minimum atomic E-state index is -0.387. The van der Waals surface area contributed by atoms with E-state index in [-0.39, 0.29) is 10.8 Å². The minimum absolute atomic E-state index is 0.104. The molecule has 0 amide bonds. The molecule has 1 spiro atoms. The van der Waals surface area contributed by atoms with Crippen LogP contribution >= 0.6 is 0 Å². The number of hydrogen-bond donors (Lipinski definition) is 0. The van der Waals surface area contributed by atoms with Crippen LogP contribution in [0.1, 0.15) is 47.2 Å². The molecular weight excluding hydrogens is 567 g/mol. The van der Waals surface area contributed by atoms with Gasteiger partial charge in [-0.25, -0.2) is 0 Å². The number of para-hydroxylation sites is 2. The molecule has 0 fully saturated rings. The highest BCUT2D eigenvalue weighted by Gasteiger charge is 2.53. The normalized spacial score (nSPS) is 14.5. The molecule has 224 valence electrons. The molecule has 0 N–H and O–H groups in total. The van der Waals surface area contributed by atoms with Crippen molar-refractivity contribution >= 4 is 17.1 Å². The average molecular weight is 602 g/mol. The van der Waals surface area contributed by atoms with Crippen LogP contribution in [0.5, 0.6) is 0 Å². The first-order valence-corrected chi connectivity index (χ1v) is 16.5. The Hall–Kier alpha value is -5.66. The molecular formula is C46H35N. The van der Waals surface area contributed by atoms with E-state index in [4.69, 9.17) is 0 Å². The fourth-order valence-corrected chi connectivity index (χ4v) is 8.44. The first-order valence-electron chi connectivity index (χ1n) is 16.5. The molecule has 7 aromatic rings. The van der Waals surface area contributed by atoms with Gasteiger partial charge in [-0.05, 0) is 98.1 Å². The van der Waals surface area contributed by atoms with Gasteiger partial charge in [0.15, 0.2) is 0 Å². The van der Waals surface area contributed by atoms with Gasteiger partial charge in [0.1, 0.15) is 0 Å². The maximum atomic E-state index is 2.47. The molecule has 0 saturated heterocycles. The van der Waals surface area contributed by atoms with Gasteiger partial charge in [-0.2, -0.15) is 0 Å². The summed E-state index contributed by atoms with van der Waals surface area (Å²) in [6.07, 6.45) is 0. The van der Waals surface area contributed by atoms with E-state index in [9.17, 15) is 0 Å². The molecule has 0 bridgehead atoms. The lowest BCUT2D eigenvalue weighted by atomic mass is 9.55. The van der Waals surface area contributed by atoms with Crippen molar-refractivity contribution in [2.45, 2.75) is 24.7 Å². The number of rotatable bonds is 4. The van der Waals surface area contributed by atoms with E-state index < -0.39 is 0 Å².